The van der Waals surface area contributed by atoms with Crippen LogP contribution in [0.5, 0.6) is 5.75 Å². The largest absolute Gasteiger partial charge is 0.421 e. The van der Waals surface area contributed by atoms with Crippen molar-refractivity contribution in [2.24, 2.45) is 0 Å². The Hall–Kier alpha value is -2.81. The zero-order valence-corrected chi connectivity index (χ0v) is 16.7. The molecule has 0 bridgehead atoms. The highest BCUT2D eigenvalue weighted by molar-refractivity contribution is 7.89. The molecule has 4 rings (SSSR count). The van der Waals surface area contributed by atoms with Crippen LogP contribution in [-0.4, -0.2) is 50.0 Å². The third kappa shape index (κ3) is 4.00. The molecule has 29 heavy (non-hydrogen) atoms. The van der Waals surface area contributed by atoms with E-state index in [-0.39, 0.29) is 10.5 Å². The summed E-state index contributed by atoms with van der Waals surface area (Å²) in [5.74, 6) is -0.211. The Balaban J connectivity index is 1.55. The molecule has 2 heterocycles. The number of carbonyl (C=O) groups excluding carboxylic acids is 1. The summed E-state index contributed by atoms with van der Waals surface area (Å²) < 4.78 is 37.5. The number of pyridine rings is 1. The molecule has 0 atom stereocenters. The van der Waals surface area contributed by atoms with Gasteiger partial charge in [-0.2, -0.15) is 4.31 Å². The summed E-state index contributed by atoms with van der Waals surface area (Å²) in [7, 11) is -3.61. The van der Waals surface area contributed by atoms with Crippen molar-refractivity contribution in [3.63, 3.8) is 0 Å². The number of ether oxygens (including phenoxy) is 2. The Morgan fingerprint density at radius 1 is 1.03 bits per heavy atom. The molecule has 0 unspecified atom stereocenters. The van der Waals surface area contributed by atoms with Gasteiger partial charge in [-0.05, 0) is 43.3 Å². The highest BCUT2D eigenvalue weighted by Gasteiger charge is 2.26. The first-order chi connectivity index (χ1) is 13.9. The molecular formula is C21H20N2O5S. The smallest absolute Gasteiger partial charge is 0.343 e. The average molecular weight is 412 g/mol. The van der Waals surface area contributed by atoms with Crippen LogP contribution >= 0.6 is 0 Å². The van der Waals surface area contributed by atoms with Crippen LogP contribution in [0.2, 0.25) is 0 Å². The number of benzene rings is 2. The Kier molecular flexibility index (Phi) is 5.31. The first-order valence-corrected chi connectivity index (χ1v) is 10.7. The summed E-state index contributed by atoms with van der Waals surface area (Å²) in [5.41, 5.74) is 1.68. The lowest BCUT2D eigenvalue weighted by atomic mass is 10.2. The third-order valence-electron chi connectivity index (χ3n) is 4.72. The average Bonchev–Trinajstić information content (AvgIpc) is 2.75. The normalized spacial score (nSPS) is 15.3. The minimum Gasteiger partial charge on any atom is -0.421 e. The Labute approximate surface area is 168 Å². The van der Waals surface area contributed by atoms with Crippen LogP contribution in [0.4, 0.5) is 0 Å². The van der Waals surface area contributed by atoms with Gasteiger partial charge in [0.1, 0.15) is 5.52 Å². The topological polar surface area (TPSA) is 85.8 Å². The maximum Gasteiger partial charge on any atom is 0.343 e. The zero-order valence-electron chi connectivity index (χ0n) is 15.9. The summed E-state index contributed by atoms with van der Waals surface area (Å²) >= 11 is 0. The lowest BCUT2D eigenvalue weighted by Crippen LogP contribution is -2.40. The number of rotatable bonds is 4. The predicted octanol–water partition coefficient (Wildman–Crippen LogP) is 2.78. The van der Waals surface area contributed by atoms with Gasteiger partial charge < -0.3 is 9.47 Å². The fourth-order valence-electron chi connectivity index (χ4n) is 3.16. The molecule has 1 aliphatic heterocycles. The molecular weight excluding hydrogens is 392 g/mol. The molecule has 0 radical (unpaired) electrons. The van der Waals surface area contributed by atoms with Gasteiger partial charge in [0, 0.05) is 24.2 Å². The van der Waals surface area contributed by atoms with Crippen molar-refractivity contribution in [3.05, 3.63) is 65.9 Å². The molecule has 1 aliphatic rings. The Bertz CT molecular complexity index is 1150. The van der Waals surface area contributed by atoms with Crippen LogP contribution in [0.3, 0.4) is 0 Å². The number of fused-ring (bicyclic) bond motifs is 1. The van der Waals surface area contributed by atoms with Crippen molar-refractivity contribution in [1.82, 2.24) is 9.29 Å². The van der Waals surface area contributed by atoms with Gasteiger partial charge in [-0.25, -0.2) is 18.2 Å². The number of aryl methyl sites for hydroxylation is 1. The van der Waals surface area contributed by atoms with E-state index >= 15 is 0 Å². The molecule has 0 N–H and O–H groups in total. The van der Waals surface area contributed by atoms with Gasteiger partial charge in [0.2, 0.25) is 10.0 Å². The van der Waals surface area contributed by atoms with Crippen molar-refractivity contribution in [2.75, 3.05) is 26.3 Å². The number of hydrogen-bond acceptors (Lipinski definition) is 6. The number of esters is 1. The molecule has 150 valence electrons. The van der Waals surface area contributed by atoms with E-state index in [0.717, 1.165) is 11.1 Å². The van der Waals surface area contributed by atoms with E-state index in [2.05, 4.69) is 4.98 Å². The van der Waals surface area contributed by atoms with Crippen LogP contribution in [-0.2, 0) is 14.8 Å². The number of carbonyl (C=O) groups is 1. The van der Waals surface area contributed by atoms with Gasteiger partial charge in [-0.15, -0.1) is 0 Å². The van der Waals surface area contributed by atoms with E-state index in [1.54, 1.807) is 12.1 Å². The molecule has 2 aromatic carbocycles. The SMILES string of the molecule is Cc1ccc2cccc(OC(=O)c3ccc(S(=O)(=O)N4CCOCC4)cc3)c2n1. The number of hydrogen-bond donors (Lipinski definition) is 0. The second kappa shape index (κ2) is 7.90. The van der Waals surface area contributed by atoms with Crippen molar-refractivity contribution >= 4 is 26.9 Å². The molecule has 7 nitrogen and oxygen atoms in total. The van der Waals surface area contributed by atoms with Crippen LogP contribution < -0.4 is 4.74 Å². The van der Waals surface area contributed by atoms with E-state index in [0.29, 0.717) is 37.6 Å². The lowest BCUT2D eigenvalue weighted by molar-refractivity contribution is 0.0730. The van der Waals surface area contributed by atoms with Gasteiger partial charge in [0.05, 0.1) is 23.7 Å². The zero-order chi connectivity index (χ0) is 20.4. The van der Waals surface area contributed by atoms with Gasteiger partial charge in [0.15, 0.2) is 5.75 Å². The molecule has 1 saturated heterocycles. The second-order valence-electron chi connectivity index (χ2n) is 6.71. The van der Waals surface area contributed by atoms with E-state index in [9.17, 15) is 13.2 Å². The van der Waals surface area contributed by atoms with Crippen LogP contribution in [0.15, 0.2) is 59.5 Å². The van der Waals surface area contributed by atoms with Gasteiger partial charge in [-0.3, -0.25) is 0 Å². The number of sulfonamides is 1. The maximum atomic E-state index is 12.7. The lowest BCUT2D eigenvalue weighted by Gasteiger charge is -2.26. The molecule has 1 aromatic heterocycles. The Morgan fingerprint density at radius 2 is 1.76 bits per heavy atom. The van der Waals surface area contributed by atoms with Crippen molar-refractivity contribution in [2.45, 2.75) is 11.8 Å². The first-order valence-electron chi connectivity index (χ1n) is 9.22. The summed E-state index contributed by atoms with van der Waals surface area (Å²) in [6.45, 7) is 3.26. The Morgan fingerprint density at radius 3 is 2.48 bits per heavy atom. The molecule has 0 aliphatic carbocycles. The van der Waals surface area contributed by atoms with Crippen LogP contribution in [0.1, 0.15) is 16.1 Å². The van der Waals surface area contributed by atoms with Crippen molar-refractivity contribution in [3.8, 4) is 5.75 Å². The minimum absolute atomic E-state index is 0.137. The quantitative estimate of drug-likeness (QED) is 0.484. The summed E-state index contributed by atoms with van der Waals surface area (Å²) in [5, 5.41) is 0.868. The maximum absolute atomic E-state index is 12.7. The molecule has 0 amide bonds. The summed E-state index contributed by atoms with van der Waals surface area (Å²) in [6, 6.07) is 14.9. The molecule has 0 spiro atoms. The van der Waals surface area contributed by atoms with Gasteiger partial charge in [-0.1, -0.05) is 18.2 Å². The molecule has 1 fully saturated rings. The molecule has 0 saturated carbocycles. The number of para-hydroxylation sites is 1. The van der Waals surface area contributed by atoms with Crippen LogP contribution in [0, 0.1) is 6.92 Å². The fraction of sp³-hybridized carbons (Fsp3) is 0.238. The van der Waals surface area contributed by atoms with E-state index in [4.69, 9.17) is 9.47 Å². The standard InChI is InChI=1S/C21H20N2O5S/c1-15-5-6-16-3-2-4-19(20(16)22-15)28-21(24)17-7-9-18(10-8-17)29(25,26)23-11-13-27-14-12-23/h2-10H,11-14H2,1H3. The van der Waals surface area contributed by atoms with E-state index in [1.807, 2.05) is 25.1 Å². The van der Waals surface area contributed by atoms with E-state index in [1.165, 1.54) is 28.6 Å². The second-order valence-corrected chi connectivity index (χ2v) is 8.65. The first kappa shape index (κ1) is 19.5. The van der Waals surface area contributed by atoms with Gasteiger partial charge in [0.25, 0.3) is 0 Å². The third-order valence-corrected chi connectivity index (χ3v) is 6.64. The van der Waals surface area contributed by atoms with Gasteiger partial charge >= 0.3 is 5.97 Å². The monoisotopic (exact) mass is 412 g/mol. The molecule has 3 aromatic rings. The predicted molar refractivity (Wildman–Crippen MR) is 107 cm³/mol. The van der Waals surface area contributed by atoms with Crippen molar-refractivity contribution in [1.29, 1.82) is 0 Å². The number of morpholine rings is 1. The molecule has 8 heteroatoms. The fourth-order valence-corrected chi connectivity index (χ4v) is 4.57. The summed E-state index contributed by atoms with van der Waals surface area (Å²) in [4.78, 5) is 17.2. The number of nitrogens with zero attached hydrogens (tertiary/aromatic N) is 2. The summed E-state index contributed by atoms with van der Waals surface area (Å²) in [6.07, 6.45) is 0. The highest BCUT2D eigenvalue weighted by Crippen LogP contribution is 2.25. The highest BCUT2D eigenvalue weighted by atomic mass is 32.2. The van der Waals surface area contributed by atoms with Crippen LogP contribution in [0.25, 0.3) is 10.9 Å². The van der Waals surface area contributed by atoms with Crippen molar-refractivity contribution < 1.29 is 22.7 Å². The number of aromatic nitrogens is 1. The minimum atomic E-state index is -3.61. The van der Waals surface area contributed by atoms with E-state index < -0.39 is 16.0 Å².